The second kappa shape index (κ2) is 8.67. The van der Waals surface area contributed by atoms with E-state index in [0.29, 0.717) is 33.4 Å². The van der Waals surface area contributed by atoms with Crippen LogP contribution in [-0.4, -0.2) is 23.5 Å². The number of nitrogens with zero attached hydrogens (tertiary/aromatic N) is 1. The quantitative estimate of drug-likeness (QED) is 0.687. The molecule has 0 bridgehead atoms. The van der Waals surface area contributed by atoms with Gasteiger partial charge in [0.2, 0.25) is 0 Å². The first kappa shape index (κ1) is 20.2. The van der Waals surface area contributed by atoms with Crippen molar-refractivity contribution in [1.82, 2.24) is 10.2 Å². The van der Waals surface area contributed by atoms with Gasteiger partial charge in [-0.2, -0.15) is 0 Å². The van der Waals surface area contributed by atoms with Crippen LogP contribution in [0.3, 0.4) is 0 Å². The predicted molar refractivity (Wildman–Crippen MR) is 109 cm³/mol. The Kier molecular flexibility index (Phi) is 6.27. The number of ether oxygens (including phenoxy) is 1. The van der Waals surface area contributed by atoms with Crippen molar-refractivity contribution >= 4 is 35.2 Å². The summed E-state index contributed by atoms with van der Waals surface area (Å²) in [5, 5.41) is 3.64. The molecule has 1 aliphatic heterocycles. The number of urea groups is 1. The van der Waals surface area contributed by atoms with E-state index in [1.165, 1.54) is 4.90 Å². The second-order valence-corrected chi connectivity index (χ2v) is 7.16. The van der Waals surface area contributed by atoms with Crippen LogP contribution in [0.25, 0.3) is 0 Å². The zero-order valence-electron chi connectivity index (χ0n) is 15.5. The van der Waals surface area contributed by atoms with E-state index in [-0.39, 0.29) is 12.6 Å². The van der Waals surface area contributed by atoms with Crippen LogP contribution in [0, 0.1) is 0 Å². The smallest absolute Gasteiger partial charge is 0.338 e. The molecule has 0 saturated heterocycles. The minimum Gasteiger partial charge on any atom is -0.463 e. The third-order valence-electron chi connectivity index (χ3n) is 4.55. The Morgan fingerprint density at radius 3 is 2.50 bits per heavy atom. The molecule has 5 nitrogen and oxygen atoms in total. The fourth-order valence-electron chi connectivity index (χ4n) is 3.15. The van der Waals surface area contributed by atoms with Crippen molar-refractivity contribution in [3.05, 3.63) is 81.0 Å². The molecule has 0 spiro atoms. The Labute approximate surface area is 173 Å². The number of rotatable bonds is 5. The summed E-state index contributed by atoms with van der Waals surface area (Å²) in [4.78, 5) is 27.1. The molecule has 7 heteroatoms. The molecule has 1 N–H and O–H groups in total. The van der Waals surface area contributed by atoms with E-state index in [1.54, 1.807) is 32.0 Å². The van der Waals surface area contributed by atoms with Crippen LogP contribution < -0.4 is 5.32 Å². The SMILES string of the molecule is CCOC(=O)C1=C(C)N(Cc2ccccc2)C(=O)NC1c1ccc(Cl)c(Cl)c1. The van der Waals surface area contributed by atoms with E-state index in [4.69, 9.17) is 27.9 Å². The van der Waals surface area contributed by atoms with E-state index in [0.717, 1.165) is 5.56 Å². The first-order valence-corrected chi connectivity index (χ1v) is 9.62. The number of amides is 2. The van der Waals surface area contributed by atoms with Gasteiger partial charge in [-0.15, -0.1) is 0 Å². The van der Waals surface area contributed by atoms with E-state index in [9.17, 15) is 9.59 Å². The van der Waals surface area contributed by atoms with E-state index in [1.807, 2.05) is 30.3 Å². The average molecular weight is 419 g/mol. The van der Waals surface area contributed by atoms with Crippen LogP contribution >= 0.6 is 23.2 Å². The Bertz CT molecular complexity index is 929. The number of benzene rings is 2. The van der Waals surface area contributed by atoms with E-state index >= 15 is 0 Å². The lowest BCUT2D eigenvalue weighted by atomic mass is 9.94. The van der Waals surface area contributed by atoms with Crippen molar-refractivity contribution < 1.29 is 14.3 Å². The topological polar surface area (TPSA) is 58.6 Å². The van der Waals surface area contributed by atoms with Crippen LogP contribution in [0.5, 0.6) is 0 Å². The van der Waals surface area contributed by atoms with E-state index in [2.05, 4.69) is 5.32 Å². The summed E-state index contributed by atoms with van der Waals surface area (Å²) in [6.07, 6.45) is 0. The van der Waals surface area contributed by atoms with Crippen LogP contribution in [-0.2, 0) is 16.1 Å². The summed E-state index contributed by atoms with van der Waals surface area (Å²) in [7, 11) is 0. The molecule has 28 heavy (non-hydrogen) atoms. The Morgan fingerprint density at radius 1 is 1.14 bits per heavy atom. The number of esters is 1. The fraction of sp³-hybridized carbons (Fsp3) is 0.238. The van der Waals surface area contributed by atoms with Crippen molar-refractivity contribution in [2.24, 2.45) is 0 Å². The van der Waals surface area contributed by atoms with Crippen LogP contribution in [0.2, 0.25) is 10.0 Å². The zero-order valence-corrected chi connectivity index (χ0v) is 17.1. The summed E-state index contributed by atoms with van der Waals surface area (Å²) in [5.41, 5.74) is 2.52. The standard InChI is InChI=1S/C21H20Cl2N2O3/c1-3-28-20(26)18-13(2)25(12-14-7-5-4-6-8-14)21(27)24-19(18)15-9-10-16(22)17(23)11-15/h4-11,19H,3,12H2,1-2H3,(H,24,27). The van der Waals surface area contributed by atoms with Crippen LogP contribution in [0.4, 0.5) is 4.79 Å². The number of allylic oxidation sites excluding steroid dienone is 1. The molecular formula is C21H20Cl2N2O3. The third-order valence-corrected chi connectivity index (χ3v) is 5.29. The number of halogens is 2. The maximum atomic E-state index is 12.8. The lowest BCUT2D eigenvalue weighted by molar-refractivity contribution is -0.139. The molecule has 1 atom stereocenters. The Balaban J connectivity index is 2.04. The van der Waals surface area contributed by atoms with Gasteiger partial charge in [-0.25, -0.2) is 9.59 Å². The van der Waals surface area contributed by atoms with Gasteiger partial charge >= 0.3 is 12.0 Å². The van der Waals surface area contributed by atoms with Gasteiger partial charge in [0.15, 0.2) is 0 Å². The number of carbonyl (C=O) groups excluding carboxylic acids is 2. The van der Waals surface area contributed by atoms with Gasteiger partial charge in [-0.05, 0) is 37.1 Å². The summed E-state index contributed by atoms with van der Waals surface area (Å²) < 4.78 is 5.26. The molecule has 2 amide bonds. The van der Waals surface area contributed by atoms with Crippen molar-refractivity contribution in [3.8, 4) is 0 Å². The predicted octanol–water partition coefficient (Wildman–Crippen LogP) is 5.10. The summed E-state index contributed by atoms with van der Waals surface area (Å²) in [6.45, 7) is 4.06. The molecule has 0 aliphatic carbocycles. The average Bonchev–Trinajstić information content (AvgIpc) is 2.68. The Morgan fingerprint density at radius 2 is 1.86 bits per heavy atom. The maximum absolute atomic E-state index is 12.8. The molecule has 2 aromatic carbocycles. The van der Waals surface area contributed by atoms with Crippen molar-refractivity contribution in [2.45, 2.75) is 26.4 Å². The zero-order chi connectivity index (χ0) is 20.3. The molecule has 2 aromatic rings. The van der Waals surface area contributed by atoms with Crippen LogP contribution in [0.15, 0.2) is 59.8 Å². The lowest BCUT2D eigenvalue weighted by Gasteiger charge is -2.35. The van der Waals surface area contributed by atoms with E-state index < -0.39 is 12.0 Å². The summed E-state index contributed by atoms with van der Waals surface area (Å²) >= 11 is 12.2. The number of nitrogens with one attached hydrogen (secondary N) is 1. The highest BCUT2D eigenvalue weighted by atomic mass is 35.5. The molecule has 146 valence electrons. The third kappa shape index (κ3) is 4.16. The molecule has 0 fully saturated rings. The highest BCUT2D eigenvalue weighted by Gasteiger charge is 2.36. The van der Waals surface area contributed by atoms with Gasteiger partial charge in [0, 0.05) is 5.70 Å². The van der Waals surface area contributed by atoms with Crippen molar-refractivity contribution in [1.29, 1.82) is 0 Å². The first-order chi connectivity index (χ1) is 13.4. The lowest BCUT2D eigenvalue weighted by Crippen LogP contribution is -2.47. The largest absolute Gasteiger partial charge is 0.463 e. The second-order valence-electron chi connectivity index (χ2n) is 6.35. The van der Waals surface area contributed by atoms with Crippen molar-refractivity contribution in [3.63, 3.8) is 0 Å². The number of hydrogen-bond donors (Lipinski definition) is 1. The molecule has 0 aromatic heterocycles. The van der Waals surface area contributed by atoms with Gasteiger partial charge in [0.25, 0.3) is 0 Å². The fourth-order valence-corrected chi connectivity index (χ4v) is 3.46. The minimum absolute atomic E-state index is 0.232. The molecular weight excluding hydrogens is 399 g/mol. The first-order valence-electron chi connectivity index (χ1n) is 8.87. The summed E-state index contributed by atoms with van der Waals surface area (Å²) in [6, 6.07) is 13.6. The van der Waals surface area contributed by atoms with Gasteiger partial charge in [-0.3, -0.25) is 4.90 Å². The highest BCUT2D eigenvalue weighted by molar-refractivity contribution is 6.42. The molecule has 0 saturated carbocycles. The molecule has 1 unspecified atom stereocenters. The van der Waals surface area contributed by atoms with Gasteiger partial charge in [-0.1, -0.05) is 59.6 Å². The number of hydrogen-bond acceptors (Lipinski definition) is 3. The monoisotopic (exact) mass is 418 g/mol. The molecule has 1 heterocycles. The molecule has 3 rings (SSSR count). The van der Waals surface area contributed by atoms with Crippen molar-refractivity contribution in [2.75, 3.05) is 6.61 Å². The molecule has 0 radical (unpaired) electrons. The summed E-state index contributed by atoms with van der Waals surface area (Å²) in [5.74, 6) is -0.478. The normalized spacial score (nSPS) is 16.8. The molecule has 1 aliphatic rings. The van der Waals surface area contributed by atoms with Gasteiger partial charge in [0.05, 0.1) is 34.8 Å². The number of carbonyl (C=O) groups is 2. The van der Waals surface area contributed by atoms with Gasteiger partial charge < -0.3 is 10.1 Å². The highest BCUT2D eigenvalue weighted by Crippen LogP contribution is 2.34. The maximum Gasteiger partial charge on any atom is 0.338 e. The minimum atomic E-state index is -0.673. The van der Waals surface area contributed by atoms with Gasteiger partial charge in [0.1, 0.15) is 0 Å². The Hall–Kier alpha value is -2.50. The van der Waals surface area contributed by atoms with Crippen LogP contribution in [0.1, 0.15) is 31.0 Å².